The van der Waals surface area contributed by atoms with Crippen LogP contribution in [0.4, 0.5) is 24.5 Å². The van der Waals surface area contributed by atoms with E-state index in [1.807, 2.05) is 0 Å². The maximum atomic E-state index is 13.8. The third-order valence-corrected chi connectivity index (χ3v) is 9.61. The molecule has 0 spiro atoms. The highest BCUT2D eigenvalue weighted by Gasteiger charge is 2.37. The third-order valence-electron chi connectivity index (χ3n) is 5.22. The van der Waals surface area contributed by atoms with Gasteiger partial charge in [-0.1, -0.05) is 23.2 Å². The number of sulfone groups is 1. The molecule has 14 heteroatoms. The van der Waals surface area contributed by atoms with Gasteiger partial charge >= 0.3 is 12.1 Å². The molecule has 0 saturated carbocycles. The second kappa shape index (κ2) is 9.66. The Kier molecular flexibility index (Phi) is 7.13. The highest BCUT2D eigenvalue weighted by molar-refractivity contribution is 8.13. The van der Waals surface area contributed by atoms with Crippen LogP contribution in [0.15, 0.2) is 41.4 Å². The summed E-state index contributed by atoms with van der Waals surface area (Å²) < 4.78 is 67.4. The fourth-order valence-corrected chi connectivity index (χ4v) is 7.36. The summed E-state index contributed by atoms with van der Waals surface area (Å²) in [7, 11) is -4.13. The minimum absolute atomic E-state index is 0.0752. The molecular weight excluding hydrogens is 550 g/mol. The number of aromatic carboxylic acids is 1. The molecule has 1 aliphatic rings. The molecule has 3 aromatic rings. The Morgan fingerprint density at radius 3 is 2.57 bits per heavy atom. The van der Waals surface area contributed by atoms with Gasteiger partial charge in [0.2, 0.25) is 0 Å². The van der Waals surface area contributed by atoms with E-state index in [0.717, 1.165) is 18.3 Å². The van der Waals surface area contributed by atoms with Crippen LogP contribution in [0.5, 0.6) is 0 Å². The number of nitrogens with zero attached hydrogens (tertiary/aromatic N) is 1. The second-order valence-electron chi connectivity index (χ2n) is 7.51. The molecule has 1 fully saturated rings. The fourth-order valence-electron chi connectivity index (χ4n) is 3.63. The van der Waals surface area contributed by atoms with Crippen LogP contribution in [-0.2, 0) is 16.0 Å². The molecule has 2 heterocycles. The molecule has 0 amide bonds. The maximum Gasteiger partial charge on any atom is 0.418 e. The number of carboxylic acid groups (broad SMARTS) is 1. The Morgan fingerprint density at radius 1 is 1.20 bits per heavy atom. The van der Waals surface area contributed by atoms with Crippen molar-refractivity contribution in [3.8, 4) is 0 Å². The molecule has 3 N–H and O–H groups in total. The molecule has 1 atom stereocenters. The predicted octanol–water partition coefficient (Wildman–Crippen LogP) is 5.44. The van der Waals surface area contributed by atoms with E-state index in [0.29, 0.717) is 18.4 Å². The van der Waals surface area contributed by atoms with Crippen LogP contribution in [0.25, 0.3) is 10.9 Å². The molecule has 0 bridgehead atoms. The van der Waals surface area contributed by atoms with Gasteiger partial charge in [0.1, 0.15) is 9.48 Å². The monoisotopic (exact) mass is 565 g/mol. The van der Waals surface area contributed by atoms with Gasteiger partial charge < -0.3 is 15.7 Å². The first-order chi connectivity index (χ1) is 16.4. The van der Waals surface area contributed by atoms with Gasteiger partial charge in [0.25, 0.3) is 0 Å². The topological polar surface area (TPSA) is 108 Å². The van der Waals surface area contributed by atoms with Crippen LogP contribution in [0.2, 0.25) is 10.0 Å². The number of carboxylic acids is 1. The largest absolute Gasteiger partial charge is 0.478 e. The Morgan fingerprint density at radius 2 is 1.94 bits per heavy atom. The van der Waals surface area contributed by atoms with E-state index in [1.54, 1.807) is 0 Å². The number of thioether (sulfide) groups is 1. The maximum absolute atomic E-state index is 13.8. The van der Waals surface area contributed by atoms with Crippen molar-refractivity contribution in [1.82, 2.24) is 10.3 Å². The molecule has 0 radical (unpaired) electrons. The van der Waals surface area contributed by atoms with Crippen LogP contribution in [0.3, 0.4) is 0 Å². The van der Waals surface area contributed by atoms with Crippen molar-refractivity contribution in [2.45, 2.75) is 15.7 Å². The lowest BCUT2D eigenvalue weighted by molar-refractivity contribution is -0.136. The molecule has 1 aliphatic heterocycles. The van der Waals surface area contributed by atoms with Crippen LogP contribution < -0.4 is 10.6 Å². The number of halogens is 5. The first-order valence-electron chi connectivity index (χ1n) is 9.95. The van der Waals surface area contributed by atoms with E-state index < -0.39 is 37.6 Å². The van der Waals surface area contributed by atoms with Gasteiger partial charge in [-0.2, -0.15) is 13.2 Å². The number of anilines is 2. The van der Waals surface area contributed by atoms with E-state index in [1.165, 1.54) is 23.9 Å². The number of carbonyl (C=O) groups is 1. The van der Waals surface area contributed by atoms with E-state index in [-0.39, 0.29) is 43.8 Å². The summed E-state index contributed by atoms with van der Waals surface area (Å²) in [6.07, 6.45) is -3.97. The van der Waals surface area contributed by atoms with Crippen molar-refractivity contribution in [2.24, 2.45) is 0 Å². The molecule has 1 unspecified atom stereocenters. The lowest BCUT2D eigenvalue weighted by atomic mass is 10.1. The Bertz CT molecular complexity index is 1430. The molecule has 1 aromatic heterocycles. The zero-order valence-electron chi connectivity index (χ0n) is 17.5. The normalized spacial score (nSPS) is 16.9. The smallest absolute Gasteiger partial charge is 0.418 e. The highest BCUT2D eigenvalue weighted by Crippen LogP contribution is 2.42. The number of rotatable bonds is 5. The van der Waals surface area contributed by atoms with E-state index in [9.17, 15) is 31.5 Å². The van der Waals surface area contributed by atoms with E-state index in [4.69, 9.17) is 23.2 Å². The van der Waals surface area contributed by atoms with Gasteiger partial charge in [0.15, 0.2) is 9.84 Å². The van der Waals surface area contributed by atoms with Crippen LogP contribution in [0.1, 0.15) is 15.9 Å². The van der Waals surface area contributed by atoms with Gasteiger partial charge in [-0.25, -0.2) is 13.2 Å². The molecule has 186 valence electrons. The van der Waals surface area contributed by atoms with Gasteiger partial charge in [0, 0.05) is 40.5 Å². The number of benzene rings is 2. The van der Waals surface area contributed by atoms with Gasteiger partial charge in [0.05, 0.1) is 28.0 Å². The van der Waals surface area contributed by atoms with Crippen molar-refractivity contribution >= 4 is 73.0 Å². The van der Waals surface area contributed by atoms with Crippen molar-refractivity contribution in [3.63, 3.8) is 0 Å². The van der Waals surface area contributed by atoms with Gasteiger partial charge in [-0.05, 0) is 30.3 Å². The molecule has 35 heavy (non-hydrogen) atoms. The summed E-state index contributed by atoms with van der Waals surface area (Å²) >= 11 is 13.1. The summed E-state index contributed by atoms with van der Waals surface area (Å²) in [6.45, 7) is 0.726. The van der Waals surface area contributed by atoms with E-state index >= 15 is 0 Å². The Labute approximate surface area is 211 Å². The van der Waals surface area contributed by atoms with Gasteiger partial charge in [-0.3, -0.25) is 4.98 Å². The lowest BCUT2D eigenvalue weighted by Crippen LogP contribution is -2.37. The lowest BCUT2D eigenvalue weighted by Gasteiger charge is -2.25. The number of aromatic nitrogens is 1. The van der Waals surface area contributed by atoms with Crippen LogP contribution >= 0.6 is 35.0 Å². The molecule has 1 saturated heterocycles. The van der Waals surface area contributed by atoms with Gasteiger partial charge in [-0.15, -0.1) is 11.8 Å². The molecule has 7 nitrogen and oxygen atoms in total. The minimum Gasteiger partial charge on any atom is -0.478 e. The Balaban J connectivity index is 2.02. The number of hydrogen-bond acceptors (Lipinski definition) is 7. The quantitative estimate of drug-likeness (QED) is 0.375. The molecule has 0 aliphatic carbocycles. The van der Waals surface area contributed by atoms with Crippen molar-refractivity contribution in [2.75, 3.05) is 24.2 Å². The number of fused-ring (bicyclic) bond motifs is 1. The minimum atomic E-state index is -4.83. The van der Waals surface area contributed by atoms with Crippen LogP contribution in [0, 0.1) is 0 Å². The average molecular weight is 566 g/mol. The fraction of sp³-hybridized carbons (Fsp3) is 0.238. The van der Waals surface area contributed by atoms with Crippen molar-refractivity contribution in [1.29, 1.82) is 0 Å². The summed E-state index contributed by atoms with van der Waals surface area (Å²) in [5.41, 5.74) is -2.34. The standard InChI is InChI=1S/C21H16Cl2F3N3O4S2/c22-10-1-2-15(12(5-10)20(30)31)29-19-13-6-11(23)7-14(21(24,25)26)18(13)28-8-16(19)35(32,33)17-9-27-3-4-34-17/h1-2,5-8,17,27H,3-4,9H2,(H,28,29)(H,30,31). The average Bonchev–Trinajstić information content (AvgIpc) is 2.79. The Hall–Kier alpha value is -2.25. The van der Waals surface area contributed by atoms with Crippen LogP contribution in [-0.4, -0.2) is 47.9 Å². The molecular formula is C21H16Cl2F3N3O4S2. The predicted molar refractivity (Wildman–Crippen MR) is 130 cm³/mol. The SMILES string of the molecule is O=C(O)c1cc(Cl)ccc1Nc1c(S(=O)(=O)C2CNCCS2)cnc2c(C(F)(F)F)cc(Cl)cc12. The second-order valence-corrected chi connectivity index (χ2v) is 12.1. The van der Waals surface area contributed by atoms with E-state index in [2.05, 4.69) is 15.6 Å². The zero-order chi connectivity index (χ0) is 25.5. The van der Waals surface area contributed by atoms with Crippen molar-refractivity contribution < 1.29 is 31.5 Å². The third kappa shape index (κ3) is 5.17. The summed E-state index contributed by atoms with van der Waals surface area (Å²) in [4.78, 5) is 15.3. The molecule has 4 rings (SSSR count). The number of pyridine rings is 1. The number of alkyl halides is 3. The summed E-state index contributed by atoms with van der Waals surface area (Å²) in [5.74, 6) is -0.864. The molecule has 2 aromatic carbocycles. The summed E-state index contributed by atoms with van der Waals surface area (Å²) in [6, 6.07) is 5.64. The summed E-state index contributed by atoms with van der Waals surface area (Å²) in [5, 5.41) is 14.9. The number of hydrogen-bond donors (Lipinski definition) is 3. The first kappa shape index (κ1) is 25.8. The van der Waals surface area contributed by atoms with Crippen molar-refractivity contribution in [3.05, 3.63) is 57.7 Å². The zero-order valence-corrected chi connectivity index (χ0v) is 20.6. The first-order valence-corrected chi connectivity index (χ1v) is 13.3. The number of nitrogens with one attached hydrogen (secondary N) is 2. The highest BCUT2D eigenvalue weighted by atomic mass is 35.5.